The van der Waals surface area contributed by atoms with E-state index in [2.05, 4.69) is 0 Å². The Balaban J connectivity index is 1.71. The summed E-state index contributed by atoms with van der Waals surface area (Å²) < 4.78 is 0. The van der Waals surface area contributed by atoms with Crippen molar-refractivity contribution < 1.29 is 9.90 Å². The van der Waals surface area contributed by atoms with E-state index in [-0.39, 0.29) is 11.7 Å². The molecule has 29 heavy (non-hydrogen) atoms. The molecule has 3 aromatic carbocycles. The first-order chi connectivity index (χ1) is 14.1. The van der Waals surface area contributed by atoms with E-state index in [1.54, 1.807) is 29.2 Å². The molecule has 1 aliphatic heterocycles. The Morgan fingerprint density at radius 2 is 1.66 bits per heavy atom. The fourth-order valence-electron chi connectivity index (χ4n) is 2.98. The molecule has 0 bridgehead atoms. The van der Waals surface area contributed by atoms with Gasteiger partial charge in [-0.25, -0.2) is 4.99 Å². The maximum absolute atomic E-state index is 13.2. The van der Waals surface area contributed by atoms with Crippen molar-refractivity contribution in [2.24, 2.45) is 4.99 Å². The molecule has 3 aromatic rings. The van der Waals surface area contributed by atoms with Crippen LogP contribution in [0, 0.1) is 6.92 Å². The van der Waals surface area contributed by atoms with Gasteiger partial charge in [-0.15, -0.1) is 0 Å². The Labute approximate surface area is 174 Å². The smallest absolute Gasteiger partial charge is 0.267 e. The van der Waals surface area contributed by atoms with Crippen LogP contribution in [0.2, 0.25) is 0 Å². The van der Waals surface area contributed by atoms with Crippen LogP contribution in [0.15, 0.2) is 88.8 Å². The fraction of sp³-hybridized carbons (Fsp3) is 0.0833. The Bertz CT molecular complexity index is 1090. The number of hydrogen-bond donors (Lipinski definition) is 1. The minimum absolute atomic E-state index is 0.118. The lowest BCUT2D eigenvalue weighted by Crippen LogP contribution is -2.28. The number of aliphatic imine (C=N–C) groups is 1. The number of phenolic OH excluding ortho intramolecular Hbond substituents is 1. The molecule has 1 heterocycles. The first-order valence-electron chi connectivity index (χ1n) is 9.29. The van der Waals surface area contributed by atoms with Gasteiger partial charge in [0.05, 0.1) is 17.1 Å². The molecule has 0 atom stereocenters. The number of aromatic hydroxyl groups is 1. The number of hydrogen-bond acceptors (Lipinski definition) is 4. The van der Waals surface area contributed by atoms with E-state index in [0.717, 1.165) is 16.8 Å². The summed E-state index contributed by atoms with van der Waals surface area (Å²) in [5, 5.41) is 10.7. The highest BCUT2D eigenvalue weighted by Crippen LogP contribution is 2.36. The molecule has 0 saturated carbocycles. The van der Waals surface area contributed by atoms with Gasteiger partial charge in [0, 0.05) is 5.56 Å². The van der Waals surface area contributed by atoms with Gasteiger partial charge in [0.15, 0.2) is 5.17 Å². The molecule has 1 amide bonds. The molecule has 1 aliphatic rings. The molecule has 1 saturated heterocycles. The molecule has 0 radical (unpaired) electrons. The zero-order valence-electron chi connectivity index (χ0n) is 15.9. The highest BCUT2D eigenvalue weighted by molar-refractivity contribution is 8.18. The third kappa shape index (κ3) is 4.41. The minimum Gasteiger partial charge on any atom is -0.507 e. The third-order valence-electron chi connectivity index (χ3n) is 4.55. The number of amidine groups is 1. The van der Waals surface area contributed by atoms with Crippen molar-refractivity contribution >= 4 is 34.6 Å². The van der Waals surface area contributed by atoms with Crippen LogP contribution in [-0.2, 0) is 11.3 Å². The number of rotatable bonds is 4. The molecule has 4 rings (SSSR count). The monoisotopic (exact) mass is 400 g/mol. The predicted molar refractivity (Wildman–Crippen MR) is 119 cm³/mol. The quantitative estimate of drug-likeness (QED) is 0.588. The number of benzene rings is 3. The van der Waals surface area contributed by atoms with Crippen LogP contribution in [0.5, 0.6) is 5.75 Å². The van der Waals surface area contributed by atoms with Crippen molar-refractivity contribution in [2.75, 3.05) is 0 Å². The molecular formula is C24H20N2O2S. The molecule has 5 heteroatoms. The molecule has 0 spiro atoms. The summed E-state index contributed by atoms with van der Waals surface area (Å²) in [5.74, 6) is 0.0277. The molecule has 0 aromatic heterocycles. The van der Waals surface area contributed by atoms with Gasteiger partial charge in [0.2, 0.25) is 0 Å². The minimum atomic E-state index is -0.118. The lowest BCUT2D eigenvalue weighted by Gasteiger charge is -2.15. The summed E-state index contributed by atoms with van der Waals surface area (Å²) in [7, 11) is 0. The molecule has 1 fully saturated rings. The van der Waals surface area contributed by atoms with Gasteiger partial charge in [-0.3, -0.25) is 9.69 Å². The van der Waals surface area contributed by atoms with Crippen molar-refractivity contribution in [1.29, 1.82) is 0 Å². The number of thioether (sulfide) groups is 1. The third-order valence-corrected chi connectivity index (χ3v) is 5.56. The summed E-state index contributed by atoms with van der Waals surface area (Å²) in [6.07, 6.45) is 1.72. The topological polar surface area (TPSA) is 52.9 Å². The number of aryl methyl sites for hydroxylation is 1. The van der Waals surface area contributed by atoms with Crippen molar-refractivity contribution in [3.05, 3.63) is 100 Å². The zero-order chi connectivity index (χ0) is 20.2. The van der Waals surface area contributed by atoms with Gasteiger partial charge in [-0.2, -0.15) is 0 Å². The van der Waals surface area contributed by atoms with E-state index in [9.17, 15) is 9.90 Å². The van der Waals surface area contributed by atoms with E-state index >= 15 is 0 Å². The lowest BCUT2D eigenvalue weighted by atomic mass is 10.2. The average molecular weight is 401 g/mol. The van der Waals surface area contributed by atoms with E-state index in [1.807, 2.05) is 67.6 Å². The normalized spacial score (nSPS) is 16.7. The van der Waals surface area contributed by atoms with Crippen molar-refractivity contribution in [1.82, 2.24) is 4.90 Å². The van der Waals surface area contributed by atoms with E-state index in [0.29, 0.717) is 22.2 Å². The summed E-state index contributed by atoms with van der Waals surface area (Å²) >= 11 is 1.33. The van der Waals surface area contributed by atoms with Gasteiger partial charge in [-0.1, -0.05) is 66.2 Å². The number of phenols is 1. The molecule has 144 valence electrons. The highest BCUT2D eigenvalue weighted by atomic mass is 32.2. The number of para-hydroxylation sites is 1. The maximum Gasteiger partial charge on any atom is 0.267 e. The predicted octanol–water partition coefficient (Wildman–Crippen LogP) is 5.50. The Morgan fingerprint density at radius 3 is 2.38 bits per heavy atom. The van der Waals surface area contributed by atoms with Crippen LogP contribution in [0.3, 0.4) is 0 Å². The number of carbonyl (C=O) groups excluding carboxylic acids is 1. The van der Waals surface area contributed by atoms with Crippen LogP contribution in [0.4, 0.5) is 5.69 Å². The van der Waals surface area contributed by atoms with Crippen molar-refractivity contribution in [2.45, 2.75) is 13.5 Å². The SMILES string of the molecule is Cc1ccc(N=C2S/C(=C/c3ccccc3O)C(=O)N2Cc2ccccc2)cc1. The van der Waals surface area contributed by atoms with Gasteiger partial charge in [0.1, 0.15) is 5.75 Å². The largest absolute Gasteiger partial charge is 0.507 e. The van der Waals surface area contributed by atoms with E-state index < -0.39 is 0 Å². The maximum atomic E-state index is 13.2. The van der Waals surface area contributed by atoms with Crippen LogP contribution in [0.25, 0.3) is 6.08 Å². The summed E-state index contributed by atoms with van der Waals surface area (Å²) in [5.41, 5.74) is 3.60. The van der Waals surface area contributed by atoms with Crippen LogP contribution < -0.4 is 0 Å². The molecule has 0 unspecified atom stereocenters. The van der Waals surface area contributed by atoms with Crippen molar-refractivity contribution in [3.8, 4) is 5.75 Å². The second kappa shape index (κ2) is 8.37. The van der Waals surface area contributed by atoms with Gasteiger partial charge < -0.3 is 5.11 Å². The molecular weight excluding hydrogens is 380 g/mol. The second-order valence-electron chi connectivity index (χ2n) is 6.78. The molecule has 1 N–H and O–H groups in total. The van der Waals surface area contributed by atoms with E-state index in [1.165, 1.54) is 11.8 Å². The van der Waals surface area contributed by atoms with Crippen LogP contribution in [-0.4, -0.2) is 21.1 Å². The van der Waals surface area contributed by atoms with Crippen LogP contribution >= 0.6 is 11.8 Å². The summed E-state index contributed by atoms with van der Waals surface area (Å²) in [6, 6.07) is 24.7. The van der Waals surface area contributed by atoms with Gasteiger partial charge in [0.25, 0.3) is 5.91 Å². The van der Waals surface area contributed by atoms with Gasteiger partial charge >= 0.3 is 0 Å². The Hall–Kier alpha value is -3.31. The number of amides is 1. The standard InChI is InChI=1S/C24H20N2O2S/c1-17-11-13-20(14-12-17)25-24-26(16-18-7-3-2-4-8-18)23(28)22(29-24)15-19-9-5-6-10-21(19)27/h2-15,27H,16H2,1H3/b22-15+,25-24?. The number of nitrogens with zero attached hydrogens (tertiary/aromatic N) is 2. The van der Waals surface area contributed by atoms with Gasteiger partial charge in [-0.05, 0) is 48.5 Å². The summed E-state index contributed by atoms with van der Waals surface area (Å²) in [4.78, 5) is 20.1. The molecule has 0 aliphatic carbocycles. The van der Waals surface area contributed by atoms with Crippen LogP contribution in [0.1, 0.15) is 16.7 Å². The summed E-state index contributed by atoms with van der Waals surface area (Å²) in [6.45, 7) is 2.47. The fourth-order valence-corrected chi connectivity index (χ4v) is 3.97. The second-order valence-corrected chi connectivity index (χ2v) is 7.79. The van der Waals surface area contributed by atoms with E-state index in [4.69, 9.17) is 4.99 Å². The first-order valence-corrected chi connectivity index (χ1v) is 10.1. The molecule has 4 nitrogen and oxygen atoms in total. The highest BCUT2D eigenvalue weighted by Gasteiger charge is 2.33. The first kappa shape index (κ1) is 19.0. The number of carbonyl (C=O) groups is 1. The Kier molecular flexibility index (Phi) is 5.49. The average Bonchev–Trinajstić information content (AvgIpc) is 3.01. The Morgan fingerprint density at radius 1 is 0.966 bits per heavy atom. The van der Waals surface area contributed by atoms with Crippen molar-refractivity contribution in [3.63, 3.8) is 0 Å². The lowest BCUT2D eigenvalue weighted by molar-refractivity contribution is -0.122. The zero-order valence-corrected chi connectivity index (χ0v) is 16.8.